The summed E-state index contributed by atoms with van der Waals surface area (Å²) in [6.07, 6.45) is 4.23. The molecule has 14 heavy (non-hydrogen) atoms. The van der Waals surface area contributed by atoms with E-state index in [1.807, 2.05) is 0 Å². The molecule has 1 saturated heterocycles. The first-order valence-corrected chi connectivity index (χ1v) is 6.07. The molecule has 0 amide bonds. The van der Waals surface area contributed by atoms with Crippen molar-refractivity contribution in [2.45, 2.75) is 39.2 Å². The zero-order chi connectivity index (χ0) is 10.1. The van der Waals surface area contributed by atoms with Crippen LogP contribution in [-0.4, -0.2) is 35.7 Å². The second-order valence-electron chi connectivity index (χ2n) is 5.43. The molecule has 82 valence electrons. The summed E-state index contributed by atoms with van der Waals surface area (Å²) in [5, 5.41) is 9.65. The monoisotopic (exact) mass is 197 g/mol. The van der Waals surface area contributed by atoms with E-state index in [1.54, 1.807) is 0 Å². The number of rotatable bonds is 3. The highest BCUT2D eigenvalue weighted by molar-refractivity contribution is 4.84. The Bertz CT molecular complexity index is 181. The third-order valence-corrected chi connectivity index (χ3v) is 4.15. The molecule has 1 aliphatic carbocycles. The van der Waals surface area contributed by atoms with Crippen molar-refractivity contribution in [3.8, 4) is 0 Å². The summed E-state index contributed by atoms with van der Waals surface area (Å²) in [7, 11) is 0. The van der Waals surface area contributed by atoms with Gasteiger partial charge in [0, 0.05) is 19.6 Å². The quantitative estimate of drug-likeness (QED) is 0.745. The largest absolute Gasteiger partial charge is 0.391 e. The molecular formula is C12H23NO. The van der Waals surface area contributed by atoms with Crippen molar-refractivity contribution >= 4 is 0 Å². The molecular weight excluding hydrogens is 174 g/mol. The van der Waals surface area contributed by atoms with Crippen LogP contribution in [0.4, 0.5) is 0 Å². The Labute approximate surface area is 87.3 Å². The van der Waals surface area contributed by atoms with Gasteiger partial charge in [-0.05, 0) is 17.8 Å². The molecule has 2 heteroatoms. The molecule has 1 aliphatic heterocycles. The highest BCUT2D eigenvalue weighted by Crippen LogP contribution is 2.34. The molecule has 2 fully saturated rings. The third kappa shape index (κ3) is 2.12. The van der Waals surface area contributed by atoms with E-state index < -0.39 is 0 Å². The van der Waals surface area contributed by atoms with Gasteiger partial charge in [-0.1, -0.05) is 33.1 Å². The summed E-state index contributed by atoms with van der Waals surface area (Å²) < 4.78 is 0. The maximum Gasteiger partial charge on any atom is 0.0704 e. The van der Waals surface area contributed by atoms with Crippen LogP contribution in [-0.2, 0) is 0 Å². The molecule has 0 bridgehead atoms. The van der Waals surface area contributed by atoms with Crippen LogP contribution in [0.3, 0.4) is 0 Å². The molecule has 1 saturated carbocycles. The molecule has 2 nitrogen and oxygen atoms in total. The predicted molar refractivity (Wildman–Crippen MR) is 58.1 cm³/mol. The molecule has 0 aromatic carbocycles. The van der Waals surface area contributed by atoms with Gasteiger partial charge in [-0.15, -0.1) is 0 Å². The van der Waals surface area contributed by atoms with Crippen LogP contribution < -0.4 is 0 Å². The first kappa shape index (κ1) is 10.4. The lowest BCUT2D eigenvalue weighted by Gasteiger charge is -2.33. The van der Waals surface area contributed by atoms with Crippen molar-refractivity contribution in [1.82, 2.24) is 4.90 Å². The number of likely N-dealkylation sites (tertiary alicyclic amines) is 1. The van der Waals surface area contributed by atoms with Gasteiger partial charge < -0.3 is 10.0 Å². The average molecular weight is 197 g/mol. The molecule has 3 unspecified atom stereocenters. The van der Waals surface area contributed by atoms with Crippen molar-refractivity contribution in [3.05, 3.63) is 0 Å². The molecule has 2 rings (SSSR count). The van der Waals surface area contributed by atoms with Crippen LogP contribution in [0, 0.1) is 17.8 Å². The first-order valence-electron chi connectivity index (χ1n) is 6.07. The number of aliphatic hydroxyl groups excluding tert-OH is 1. The van der Waals surface area contributed by atoms with Crippen molar-refractivity contribution < 1.29 is 5.11 Å². The number of nitrogens with zero attached hydrogens (tertiary/aromatic N) is 1. The minimum absolute atomic E-state index is 0.0800. The molecule has 1 N–H and O–H groups in total. The number of β-amino-alcohol motifs (C(OH)–C–C–N with tert-alkyl or cyclic N) is 1. The lowest BCUT2D eigenvalue weighted by molar-refractivity contribution is 0.134. The van der Waals surface area contributed by atoms with Crippen LogP contribution in [0.1, 0.15) is 33.1 Å². The van der Waals surface area contributed by atoms with Gasteiger partial charge in [-0.3, -0.25) is 0 Å². The van der Waals surface area contributed by atoms with Crippen molar-refractivity contribution in [1.29, 1.82) is 0 Å². The van der Waals surface area contributed by atoms with E-state index in [9.17, 15) is 5.11 Å². The lowest BCUT2D eigenvalue weighted by atomic mass is 9.76. The van der Waals surface area contributed by atoms with E-state index in [0.717, 1.165) is 24.9 Å². The topological polar surface area (TPSA) is 23.5 Å². The summed E-state index contributed by atoms with van der Waals surface area (Å²) in [5.74, 6) is 2.29. The zero-order valence-corrected chi connectivity index (χ0v) is 9.45. The van der Waals surface area contributed by atoms with Gasteiger partial charge in [0.2, 0.25) is 0 Å². The fourth-order valence-corrected chi connectivity index (χ4v) is 2.76. The van der Waals surface area contributed by atoms with E-state index in [4.69, 9.17) is 0 Å². The van der Waals surface area contributed by atoms with Crippen molar-refractivity contribution in [2.75, 3.05) is 19.6 Å². The summed E-state index contributed by atoms with van der Waals surface area (Å²) in [6.45, 7) is 7.72. The average Bonchev–Trinajstić information content (AvgIpc) is 2.26. The van der Waals surface area contributed by atoms with Crippen LogP contribution >= 0.6 is 0 Å². The maximum absolute atomic E-state index is 9.65. The first-order chi connectivity index (χ1) is 6.66. The fraction of sp³-hybridized carbons (Fsp3) is 1.00. The van der Waals surface area contributed by atoms with Crippen LogP contribution in [0.15, 0.2) is 0 Å². The highest BCUT2D eigenvalue weighted by Gasteiger charge is 2.31. The number of aliphatic hydroxyl groups is 1. The van der Waals surface area contributed by atoms with E-state index >= 15 is 0 Å². The molecule has 0 aromatic heterocycles. The van der Waals surface area contributed by atoms with Gasteiger partial charge in [0.25, 0.3) is 0 Å². The van der Waals surface area contributed by atoms with Gasteiger partial charge in [0.05, 0.1) is 6.10 Å². The van der Waals surface area contributed by atoms with E-state index in [-0.39, 0.29) is 6.10 Å². The van der Waals surface area contributed by atoms with Crippen LogP contribution in [0.25, 0.3) is 0 Å². The normalized spacial score (nSPS) is 37.1. The van der Waals surface area contributed by atoms with Gasteiger partial charge in [0.15, 0.2) is 0 Å². The highest BCUT2D eigenvalue weighted by atomic mass is 16.3. The summed E-state index contributed by atoms with van der Waals surface area (Å²) in [6, 6.07) is 0. The Hall–Kier alpha value is -0.0800. The van der Waals surface area contributed by atoms with Gasteiger partial charge >= 0.3 is 0 Å². The van der Waals surface area contributed by atoms with Gasteiger partial charge in [-0.25, -0.2) is 0 Å². The van der Waals surface area contributed by atoms with E-state index in [0.29, 0.717) is 5.92 Å². The number of hydrogen-bond donors (Lipinski definition) is 1. The van der Waals surface area contributed by atoms with Gasteiger partial charge in [-0.2, -0.15) is 0 Å². The molecule has 0 aromatic rings. The SMILES string of the molecule is CC1CN(CC(C)C2CCC2)CC1O. The molecule has 3 atom stereocenters. The Morgan fingerprint density at radius 1 is 1.36 bits per heavy atom. The second-order valence-corrected chi connectivity index (χ2v) is 5.43. The summed E-state index contributed by atoms with van der Waals surface area (Å²) in [5.41, 5.74) is 0. The maximum atomic E-state index is 9.65. The number of hydrogen-bond acceptors (Lipinski definition) is 2. The Kier molecular flexibility index (Phi) is 3.13. The molecule has 2 aliphatic rings. The minimum atomic E-state index is -0.0800. The second kappa shape index (κ2) is 4.19. The van der Waals surface area contributed by atoms with Crippen LogP contribution in [0.2, 0.25) is 0 Å². The molecule has 0 radical (unpaired) electrons. The van der Waals surface area contributed by atoms with E-state index in [1.165, 1.54) is 25.8 Å². The zero-order valence-electron chi connectivity index (χ0n) is 9.45. The molecule has 1 heterocycles. The van der Waals surface area contributed by atoms with E-state index in [2.05, 4.69) is 18.7 Å². The van der Waals surface area contributed by atoms with Gasteiger partial charge in [0.1, 0.15) is 0 Å². The Balaban J connectivity index is 1.74. The molecule has 0 spiro atoms. The third-order valence-electron chi connectivity index (χ3n) is 4.15. The fourth-order valence-electron chi connectivity index (χ4n) is 2.76. The van der Waals surface area contributed by atoms with Crippen LogP contribution in [0.5, 0.6) is 0 Å². The smallest absolute Gasteiger partial charge is 0.0704 e. The standard InChI is InChI=1S/C12H23NO/c1-9(11-4-3-5-11)6-13-7-10(2)12(14)8-13/h9-12,14H,3-8H2,1-2H3. The van der Waals surface area contributed by atoms with Crippen molar-refractivity contribution in [2.24, 2.45) is 17.8 Å². The summed E-state index contributed by atoms with van der Waals surface area (Å²) in [4.78, 5) is 2.44. The Morgan fingerprint density at radius 3 is 2.50 bits per heavy atom. The lowest BCUT2D eigenvalue weighted by Crippen LogP contribution is -2.33. The Morgan fingerprint density at radius 2 is 2.07 bits per heavy atom. The van der Waals surface area contributed by atoms with Crippen molar-refractivity contribution in [3.63, 3.8) is 0 Å². The summed E-state index contributed by atoms with van der Waals surface area (Å²) >= 11 is 0. The predicted octanol–water partition coefficient (Wildman–Crippen LogP) is 1.74. The minimum Gasteiger partial charge on any atom is -0.391 e.